The number of benzene rings is 1. The highest BCUT2D eigenvalue weighted by Gasteiger charge is 2.36. The van der Waals surface area contributed by atoms with Gasteiger partial charge in [0.2, 0.25) is 5.88 Å². The molecule has 2 rings (SSSR count). The summed E-state index contributed by atoms with van der Waals surface area (Å²) in [5.41, 5.74) is 0.231. The summed E-state index contributed by atoms with van der Waals surface area (Å²) in [5, 5.41) is 12.3. The van der Waals surface area contributed by atoms with Crippen molar-refractivity contribution in [2.24, 2.45) is 0 Å². The number of nitrogens with one attached hydrogen (secondary N) is 1. The van der Waals surface area contributed by atoms with Gasteiger partial charge in [0, 0.05) is 16.8 Å². The van der Waals surface area contributed by atoms with E-state index < -0.39 is 17.6 Å². The predicted octanol–water partition coefficient (Wildman–Crippen LogP) is 5.80. The highest BCUT2D eigenvalue weighted by atomic mass is 32.2. The van der Waals surface area contributed by atoms with Crippen molar-refractivity contribution in [3.05, 3.63) is 58.8 Å². The Labute approximate surface area is 160 Å². The van der Waals surface area contributed by atoms with E-state index in [9.17, 15) is 18.4 Å². The average Bonchev–Trinajstić information content (AvgIpc) is 2.64. The first-order valence-electron chi connectivity index (χ1n) is 8.02. The molecule has 142 valence electrons. The normalized spacial score (nSPS) is 12.0. The second-order valence-electron chi connectivity index (χ2n) is 5.81. The van der Waals surface area contributed by atoms with Crippen molar-refractivity contribution in [2.75, 3.05) is 12.4 Å². The highest BCUT2D eigenvalue weighted by Crippen LogP contribution is 2.41. The molecule has 0 aliphatic heterocycles. The molecule has 27 heavy (non-hydrogen) atoms. The molecule has 1 aromatic carbocycles. The van der Waals surface area contributed by atoms with Crippen LogP contribution in [0.15, 0.2) is 52.4 Å². The summed E-state index contributed by atoms with van der Waals surface area (Å²) < 4.78 is 44.8. The number of pyridine rings is 1. The monoisotopic (exact) mass is 393 g/mol. The van der Waals surface area contributed by atoms with E-state index in [4.69, 9.17) is 4.74 Å². The molecule has 1 N–H and O–H groups in total. The van der Waals surface area contributed by atoms with Crippen LogP contribution in [0.3, 0.4) is 0 Å². The van der Waals surface area contributed by atoms with E-state index in [1.54, 1.807) is 0 Å². The first kappa shape index (κ1) is 20.6. The first-order chi connectivity index (χ1) is 12.8. The molecule has 0 unspecified atom stereocenters. The molecule has 0 spiro atoms. The van der Waals surface area contributed by atoms with Crippen LogP contribution in [-0.4, -0.2) is 12.1 Å². The van der Waals surface area contributed by atoms with E-state index in [1.807, 2.05) is 50.2 Å². The standard InChI is InChI=1S/C19H18F3N3OS/c1-12(2)17-16(9-15(19(20,21)22)18(25-17)26-3)27-14(10-23)11-24-13-7-5-4-6-8-13/h4-9,11-12,24H,1-3H3/b14-11+. The molecule has 0 bridgehead atoms. The molecule has 0 fully saturated rings. The molecular weight excluding hydrogens is 375 g/mol. The lowest BCUT2D eigenvalue weighted by molar-refractivity contribution is -0.139. The zero-order valence-corrected chi connectivity index (χ0v) is 15.8. The number of nitriles is 1. The Bertz CT molecular complexity index is 859. The van der Waals surface area contributed by atoms with E-state index in [0.717, 1.165) is 30.6 Å². The molecule has 2 aromatic rings. The van der Waals surface area contributed by atoms with Crippen LogP contribution in [0.2, 0.25) is 0 Å². The van der Waals surface area contributed by atoms with Crippen LogP contribution >= 0.6 is 11.8 Å². The van der Waals surface area contributed by atoms with Gasteiger partial charge in [0.15, 0.2) is 0 Å². The molecule has 0 saturated heterocycles. The molecule has 0 atom stereocenters. The average molecular weight is 393 g/mol. The molecule has 0 saturated carbocycles. The number of rotatable bonds is 6. The number of hydrogen-bond acceptors (Lipinski definition) is 5. The third-order valence-electron chi connectivity index (χ3n) is 3.50. The number of halogens is 3. The van der Waals surface area contributed by atoms with E-state index in [1.165, 1.54) is 6.20 Å². The number of para-hydroxylation sites is 1. The van der Waals surface area contributed by atoms with Crippen LogP contribution in [-0.2, 0) is 6.18 Å². The number of hydrogen-bond donors (Lipinski definition) is 1. The fraction of sp³-hybridized carbons (Fsp3) is 0.263. The van der Waals surface area contributed by atoms with Gasteiger partial charge in [0.1, 0.15) is 16.5 Å². The van der Waals surface area contributed by atoms with Gasteiger partial charge in [-0.15, -0.1) is 0 Å². The van der Waals surface area contributed by atoms with Crippen LogP contribution in [0, 0.1) is 11.3 Å². The summed E-state index contributed by atoms with van der Waals surface area (Å²) in [6.45, 7) is 3.63. The number of thioether (sulfide) groups is 1. The van der Waals surface area contributed by atoms with Gasteiger partial charge < -0.3 is 10.1 Å². The Morgan fingerprint density at radius 2 is 1.96 bits per heavy atom. The topological polar surface area (TPSA) is 57.9 Å². The summed E-state index contributed by atoms with van der Waals surface area (Å²) in [5.74, 6) is -0.619. The van der Waals surface area contributed by atoms with Gasteiger partial charge in [-0.3, -0.25) is 0 Å². The third-order valence-corrected chi connectivity index (χ3v) is 4.48. The minimum absolute atomic E-state index is 0.147. The molecule has 0 aliphatic rings. The SMILES string of the molecule is COc1nc(C(C)C)c(S/C(C#N)=C/Nc2ccccc2)cc1C(F)(F)F. The quantitative estimate of drug-likeness (QED) is 0.496. The Morgan fingerprint density at radius 1 is 1.30 bits per heavy atom. The summed E-state index contributed by atoms with van der Waals surface area (Å²) >= 11 is 0.932. The van der Waals surface area contributed by atoms with Gasteiger partial charge in [-0.05, 0) is 24.1 Å². The highest BCUT2D eigenvalue weighted by molar-refractivity contribution is 8.03. The number of alkyl halides is 3. The van der Waals surface area contributed by atoms with Crippen molar-refractivity contribution in [2.45, 2.75) is 30.8 Å². The van der Waals surface area contributed by atoms with Crippen molar-refractivity contribution in [3.63, 3.8) is 0 Å². The summed E-state index contributed by atoms with van der Waals surface area (Å²) in [7, 11) is 1.15. The fourth-order valence-corrected chi connectivity index (χ4v) is 3.19. The molecule has 0 amide bonds. The van der Waals surface area contributed by atoms with E-state index >= 15 is 0 Å². The van der Waals surface area contributed by atoms with Crippen molar-refractivity contribution in [1.82, 2.24) is 4.98 Å². The number of nitrogens with zero attached hydrogens (tertiary/aromatic N) is 2. The van der Waals surface area contributed by atoms with Crippen molar-refractivity contribution < 1.29 is 17.9 Å². The summed E-state index contributed by atoms with van der Waals surface area (Å²) in [6.07, 6.45) is -3.15. The zero-order chi connectivity index (χ0) is 20.0. The van der Waals surface area contributed by atoms with Crippen molar-refractivity contribution in [1.29, 1.82) is 5.26 Å². The minimum Gasteiger partial charge on any atom is -0.481 e. The maximum Gasteiger partial charge on any atom is 0.421 e. The summed E-state index contributed by atoms with van der Waals surface area (Å²) in [4.78, 5) is 4.52. The fourth-order valence-electron chi connectivity index (χ4n) is 2.23. The Morgan fingerprint density at radius 3 is 2.48 bits per heavy atom. The Kier molecular flexibility index (Phi) is 6.75. The third kappa shape index (κ3) is 5.41. The number of methoxy groups -OCH3 is 1. The van der Waals surface area contributed by atoms with Gasteiger partial charge in [0.25, 0.3) is 0 Å². The number of ether oxygens (including phenoxy) is 1. The van der Waals surface area contributed by atoms with Crippen LogP contribution in [0.1, 0.15) is 31.0 Å². The summed E-state index contributed by atoms with van der Waals surface area (Å²) in [6, 6.07) is 12.1. The molecular formula is C19H18F3N3OS. The van der Waals surface area contributed by atoms with Gasteiger partial charge in [-0.25, -0.2) is 4.98 Å². The zero-order valence-electron chi connectivity index (χ0n) is 15.0. The second-order valence-corrected chi connectivity index (χ2v) is 6.90. The number of allylic oxidation sites excluding steroid dienone is 1. The minimum atomic E-state index is -4.61. The number of aromatic nitrogens is 1. The van der Waals surface area contributed by atoms with Gasteiger partial charge in [-0.1, -0.05) is 43.8 Å². The van der Waals surface area contributed by atoms with Crippen LogP contribution in [0.4, 0.5) is 18.9 Å². The maximum absolute atomic E-state index is 13.3. The Balaban J connectivity index is 2.41. The molecule has 0 aliphatic carbocycles. The lowest BCUT2D eigenvalue weighted by Crippen LogP contribution is -2.11. The maximum atomic E-state index is 13.3. The molecule has 4 nitrogen and oxygen atoms in total. The van der Waals surface area contributed by atoms with Gasteiger partial charge in [0.05, 0.1) is 12.8 Å². The van der Waals surface area contributed by atoms with Crippen LogP contribution in [0.5, 0.6) is 5.88 Å². The molecule has 1 heterocycles. The van der Waals surface area contributed by atoms with E-state index in [2.05, 4.69) is 10.3 Å². The number of anilines is 1. The van der Waals surface area contributed by atoms with Gasteiger partial charge >= 0.3 is 6.18 Å². The van der Waals surface area contributed by atoms with Crippen LogP contribution < -0.4 is 10.1 Å². The smallest absolute Gasteiger partial charge is 0.421 e. The lowest BCUT2D eigenvalue weighted by Gasteiger charge is -2.17. The van der Waals surface area contributed by atoms with Crippen molar-refractivity contribution in [3.8, 4) is 11.9 Å². The molecule has 8 heteroatoms. The van der Waals surface area contributed by atoms with E-state index in [-0.39, 0.29) is 15.7 Å². The Hall–Kier alpha value is -2.66. The van der Waals surface area contributed by atoms with Crippen LogP contribution in [0.25, 0.3) is 0 Å². The van der Waals surface area contributed by atoms with Crippen molar-refractivity contribution >= 4 is 17.4 Å². The molecule has 0 radical (unpaired) electrons. The largest absolute Gasteiger partial charge is 0.481 e. The predicted molar refractivity (Wildman–Crippen MR) is 99.5 cm³/mol. The van der Waals surface area contributed by atoms with E-state index in [0.29, 0.717) is 5.69 Å². The van der Waals surface area contributed by atoms with Gasteiger partial charge in [-0.2, -0.15) is 18.4 Å². The lowest BCUT2D eigenvalue weighted by atomic mass is 10.1. The second kappa shape index (κ2) is 8.82. The molecule has 1 aromatic heterocycles. The first-order valence-corrected chi connectivity index (χ1v) is 8.83.